The molecule has 1 aromatic heterocycles. The van der Waals surface area contributed by atoms with Crippen molar-refractivity contribution in [2.75, 3.05) is 32.8 Å². The minimum atomic E-state index is 0.0367. The number of carbonyl (C=O) groups excluding carboxylic acids is 1. The smallest absolute Gasteiger partial charge is 0.220 e. The van der Waals surface area contributed by atoms with Crippen LogP contribution in [0.2, 0.25) is 0 Å². The second-order valence-electron chi connectivity index (χ2n) is 10.1. The normalized spacial score (nSPS) is 19.8. The molecule has 36 heavy (non-hydrogen) atoms. The lowest BCUT2D eigenvalue weighted by Gasteiger charge is -2.33. The van der Waals surface area contributed by atoms with Crippen LogP contribution in [0.5, 0.6) is 0 Å². The van der Waals surface area contributed by atoms with E-state index in [0.717, 1.165) is 64.2 Å². The van der Waals surface area contributed by atoms with Crippen LogP contribution in [0.15, 0.2) is 67.0 Å². The molecule has 1 unspecified atom stereocenters. The van der Waals surface area contributed by atoms with E-state index in [9.17, 15) is 4.79 Å². The summed E-state index contributed by atoms with van der Waals surface area (Å²) in [6.45, 7) is 4.52. The third-order valence-electron chi connectivity index (χ3n) is 7.46. The summed E-state index contributed by atoms with van der Waals surface area (Å²) in [6.07, 6.45) is 7.25. The van der Waals surface area contributed by atoms with E-state index in [2.05, 4.69) is 68.4 Å². The van der Waals surface area contributed by atoms with Gasteiger partial charge in [-0.15, -0.1) is 0 Å². The first-order valence-electron chi connectivity index (χ1n) is 13.3. The number of benzene rings is 2. The van der Waals surface area contributed by atoms with E-state index in [-0.39, 0.29) is 11.9 Å². The number of piperidine rings is 1. The second-order valence-corrected chi connectivity index (χ2v) is 10.1. The van der Waals surface area contributed by atoms with Crippen LogP contribution in [0.1, 0.15) is 61.1 Å². The van der Waals surface area contributed by atoms with Crippen molar-refractivity contribution in [1.82, 2.24) is 25.0 Å². The van der Waals surface area contributed by atoms with Gasteiger partial charge >= 0.3 is 0 Å². The lowest BCUT2D eigenvalue weighted by atomic mass is 10.00. The van der Waals surface area contributed by atoms with Gasteiger partial charge in [-0.25, -0.2) is 9.67 Å². The van der Waals surface area contributed by atoms with Gasteiger partial charge in [-0.05, 0) is 42.7 Å². The number of hydrogen-bond acceptors (Lipinski definition) is 5. The molecule has 3 aromatic rings. The van der Waals surface area contributed by atoms with Crippen molar-refractivity contribution < 1.29 is 9.53 Å². The van der Waals surface area contributed by atoms with Crippen LogP contribution in [0, 0.1) is 5.92 Å². The molecular weight excluding hydrogens is 450 g/mol. The Morgan fingerprint density at radius 3 is 2.50 bits per heavy atom. The maximum atomic E-state index is 12.8. The van der Waals surface area contributed by atoms with Crippen LogP contribution in [-0.2, 0) is 16.0 Å². The zero-order chi connectivity index (χ0) is 24.6. The van der Waals surface area contributed by atoms with Gasteiger partial charge in [0.1, 0.15) is 6.33 Å². The molecule has 1 N–H and O–H groups in total. The molecule has 7 nitrogen and oxygen atoms in total. The maximum Gasteiger partial charge on any atom is 0.220 e. The fourth-order valence-corrected chi connectivity index (χ4v) is 5.33. The largest absolute Gasteiger partial charge is 0.381 e. The predicted octanol–water partition coefficient (Wildman–Crippen LogP) is 4.18. The van der Waals surface area contributed by atoms with Crippen molar-refractivity contribution in [3.63, 3.8) is 0 Å². The minimum absolute atomic E-state index is 0.0367. The molecular formula is C29H37N5O2. The Kier molecular flexibility index (Phi) is 8.41. The van der Waals surface area contributed by atoms with Crippen LogP contribution < -0.4 is 5.32 Å². The Labute approximate surface area is 213 Å². The lowest BCUT2D eigenvalue weighted by molar-refractivity contribution is -0.122. The van der Waals surface area contributed by atoms with Crippen LogP contribution >= 0.6 is 0 Å². The van der Waals surface area contributed by atoms with E-state index in [1.54, 1.807) is 0 Å². The zero-order valence-corrected chi connectivity index (χ0v) is 21.0. The molecule has 2 aliphatic heterocycles. The number of ether oxygens (including phenoxy) is 1. The number of nitrogens with one attached hydrogen (secondary N) is 1. The molecule has 0 saturated carbocycles. The van der Waals surface area contributed by atoms with Gasteiger partial charge in [0.25, 0.3) is 0 Å². The Bertz CT molecular complexity index is 1070. The summed E-state index contributed by atoms with van der Waals surface area (Å²) in [5, 5.41) is 8.09. The Morgan fingerprint density at radius 2 is 1.78 bits per heavy atom. The molecule has 0 bridgehead atoms. The van der Waals surface area contributed by atoms with Crippen molar-refractivity contribution in [2.24, 2.45) is 5.92 Å². The molecule has 3 heterocycles. The Morgan fingerprint density at radius 1 is 1.03 bits per heavy atom. The molecule has 7 heteroatoms. The third kappa shape index (κ3) is 6.80. The topological polar surface area (TPSA) is 72.3 Å². The van der Waals surface area contributed by atoms with Crippen molar-refractivity contribution in [1.29, 1.82) is 0 Å². The molecule has 0 spiro atoms. The van der Waals surface area contributed by atoms with E-state index in [0.29, 0.717) is 25.0 Å². The molecule has 2 saturated heterocycles. The summed E-state index contributed by atoms with van der Waals surface area (Å²) in [6, 6.07) is 21.2. The van der Waals surface area contributed by atoms with E-state index in [1.165, 1.54) is 11.1 Å². The fraction of sp³-hybridized carbons (Fsp3) is 0.483. The first-order chi connectivity index (χ1) is 17.7. The number of carbonyl (C=O) groups is 1. The Hall–Kier alpha value is -3.03. The highest BCUT2D eigenvalue weighted by molar-refractivity contribution is 5.76. The first kappa shape index (κ1) is 24.7. The number of hydrogen-bond donors (Lipinski definition) is 1. The molecule has 2 fully saturated rings. The molecule has 2 atom stereocenters. The van der Waals surface area contributed by atoms with E-state index in [1.807, 2.05) is 18.5 Å². The van der Waals surface area contributed by atoms with Crippen LogP contribution in [-0.4, -0.2) is 58.4 Å². The number of aromatic nitrogens is 3. The van der Waals surface area contributed by atoms with Crippen molar-refractivity contribution >= 4 is 5.91 Å². The highest BCUT2D eigenvalue weighted by Crippen LogP contribution is 2.24. The van der Waals surface area contributed by atoms with Gasteiger partial charge in [-0.2, -0.15) is 5.10 Å². The quantitative estimate of drug-likeness (QED) is 0.465. The lowest BCUT2D eigenvalue weighted by Crippen LogP contribution is -2.38. The van der Waals surface area contributed by atoms with Gasteiger partial charge in [-0.3, -0.25) is 4.79 Å². The van der Waals surface area contributed by atoms with Crippen LogP contribution in [0.25, 0.3) is 0 Å². The molecule has 0 radical (unpaired) electrons. The van der Waals surface area contributed by atoms with Gasteiger partial charge in [0.2, 0.25) is 5.91 Å². The fourth-order valence-electron chi connectivity index (χ4n) is 5.33. The first-order valence-corrected chi connectivity index (χ1v) is 13.3. The van der Waals surface area contributed by atoms with Gasteiger partial charge in [0.15, 0.2) is 5.82 Å². The summed E-state index contributed by atoms with van der Waals surface area (Å²) >= 11 is 0. The number of rotatable bonds is 10. The van der Waals surface area contributed by atoms with E-state index < -0.39 is 0 Å². The molecule has 2 aliphatic rings. The Balaban J connectivity index is 1.11. The number of likely N-dealkylation sites (tertiary alicyclic amines) is 1. The highest BCUT2D eigenvalue weighted by Gasteiger charge is 2.24. The second kappa shape index (κ2) is 12.3. The van der Waals surface area contributed by atoms with Crippen molar-refractivity contribution in [3.05, 3.63) is 83.9 Å². The van der Waals surface area contributed by atoms with Crippen molar-refractivity contribution in [2.45, 2.75) is 50.6 Å². The van der Waals surface area contributed by atoms with Gasteiger partial charge in [0, 0.05) is 45.7 Å². The van der Waals surface area contributed by atoms with Gasteiger partial charge in [0.05, 0.1) is 12.1 Å². The van der Waals surface area contributed by atoms with E-state index >= 15 is 0 Å². The van der Waals surface area contributed by atoms with Crippen LogP contribution in [0.3, 0.4) is 0 Å². The number of amides is 1. The molecule has 5 rings (SSSR count). The van der Waals surface area contributed by atoms with Crippen molar-refractivity contribution in [3.8, 4) is 0 Å². The summed E-state index contributed by atoms with van der Waals surface area (Å²) < 4.78 is 7.51. The zero-order valence-electron chi connectivity index (χ0n) is 21.0. The minimum Gasteiger partial charge on any atom is -0.381 e. The third-order valence-corrected chi connectivity index (χ3v) is 7.46. The highest BCUT2D eigenvalue weighted by atomic mass is 16.5. The average Bonchev–Trinajstić information content (AvgIpc) is 3.60. The SMILES string of the molecule is O=C(CC1CCOC1)N[C@@H](CCN1CCC(n2cnc(Cc3ccccc3)n2)CC1)c1ccccc1. The molecule has 2 aromatic carbocycles. The van der Waals surface area contributed by atoms with Gasteiger partial charge < -0.3 is 15.0 Å². The summed E-state index contributed by atoms with van der Waals surface area (Å²) in [5.74, 6) is 1.37. The molecule has 1 amide bonds. The number of nitrogens with zero attached hydrogens (tertiary/aromatic N) is 4. The molecule has 190 valence electrons. The van der Waals surface area contributed by atoms with E-state index in [4.69, 9.17) is 9.84 Å². The summed E-state index contributed by atoms with van der Waals surface area (Å²) in [4.78, 5) is 19.8. The standard InChI is InChI=1S/C29H37N5O2/c35-29(20-24-14-18-36-21-24)31-27(25-9-5-2-6-10-25)13-17-33-15-11-26(12-16-33)34-22-30-28(32-34)19-23-7-3-1-4-8-23/h1-10,22,24,26-27H,11-21H2,(H,31,35)/t24?,27-/m0/s1. The monoisotopic (exact) mass is 487 g/mol. The predicted molar refractivity (Wildman–Crippen MR) is 139 cm³/mol. The summed E-state index contributed by atoms with van der Waals surface area (Å²) in [5.41, 5.74) is 2.42. The molecule has 0 aliphatic carbocycles. The maximum absolute atomic E-state index is 12.8. The average molecular weight is 488 g/mol. The van der Waals surface area contributed by atoms with Crippen LogP contribution in [0.4, 0.5) is 0 Å². The van der Waals surface area contributed by atoms with Gasteiger partial charge in [-0.1, -0.05) is 60.7 Å². The summed E-state index contributed by atoms with van der Waals surface area (Å²) in [7, 11) is 0.